The van der Waals surface area contributed by atoms with E-state index in [0.717, 1.165) is 23.1 Å². The summed E-state index contributed by atoms with van der Waals surface area (Å²) >= 11 is 0. The number of carbonyl (C=O) groups is 1. The first kappa shape index (κ1) is 34.4. The van der Waals surface area contributed by atoms with E-state index in [2.05, 4.69) is 14.6 Å². The SMILES string of the molecule is [C-]#[N+]c1ccc(CN(Cc2ccc(Oc3cc(OCCc4cccnc4)cc(C(N)=O)c3)cc2)c2cccc(NS(C)(=O)=O)c2C)cc1F. The van der Waals surface area contributed by atoms with Crippen LogP contribution in [-0.2, 0) is 29.5 Å². The largest absolute Gasteiger partial charge is 0.493 e. The Kier molecular flexibility index (Phi) is 10.8. The summed E-state index contributed by atoms with van der Waals surface area (Å²) in [4.78, 5) is 21.4. The first-order valence-electron chi connectivity index (χ1n) is 15.2. The molecule has 5 aromatic rings. The Bertz CT molecular complexity index is 2100. The van der Waals surface area contributed by atoms with E-state index in [1.807, 2.05) is 42.2 Å². The van der Waals surface area contributed by atoms with E-state index >= 15 is 0 Å². The molecule has 10 nitrogen and oxygen atoms in total. The zero-order valence-corrected chi connectivity index (χ0v) is 27.7. The highest BCUT2D eigenvalue weighted by atomic mass is 32.2. The Morgan fingerprint density at radius 1 is 0.939 bits per heavy atom. The van der Waals surface area contributed by atoms with Crippen molar-refractivity contribution in [3.05, 3.63) is 148 Å². The van der Waals surface area contributed by atoms with Crippen LogP contribution in [-0.4, -0.2) is 32.2 Å². The molecule has 1 amide bonds. The lowest BCUT2D eigenvalue weighted by atomic mass is 10.1. The van der Waals surface area contributed by atoms with Gasteiger partial charge in [-0.1, -0.05) is 36.4 Å². The Hall–Kier alpha value is -5.93. The van der Waals surface area contributed by atoms with E-state index in [4.69, 9.17) is 21.8 Å². The lowest BCUT2D eigenvalue weighted by molar-refractivity contribution is 0.0999. The minimum atomic E-state index is -3.53. The van der Waals surface area contributed by atoms with Crippen molar-refractivity contribution in [1.29, 1.82) is 0 Å². The van der Waals surface area contributed by atoms with E-state index < -0.39 is 21.7 Å². The van der Waals surface area contributed by atoms with E-state index in [1.165, 1.54) is 12.1 Å². The molecule has 4 aromatic carbocycles. The molecule has 0 saturated heterocycles. The van der Waals surface area contributed by atoms with Crippen LogP contribution in [0, 0.1) is 19.3 Å². The van der Waals surface area contributed by atoms with Gasteiger partial charge < -0.3 is 20.1 Å². The molecule has 0 radical (unpaired) electrons. The second-order valence-electron chi connectivity index (χ2n) is 11.3. The quantitative estimate of drug-likeness (QED) is 0.119. The number of sulfonamides is 1. The number of amides is 1. The Morgan fingerprint density at radius 2 is 1.67 bits per heavy atom. The molecule has 250 valence electrons. The molecule has 0 bridgehead atoms. The van der Waals surface area contributed by atoms with Crippen LogP contribution >= 0.6 is 0 Å². The second kappa shape index (κ2) is 15.3. The molecule has 1 aromatic heterocycles. The fraction of sp³-hybridized carbons (Fsp3) is 0.162. The van der Waals surface area contributed by atoms with Gasteiger partial charge in [0.05, 0.1) is 25.1 Å². The lowest BCUT2D eigenvalue weighted by Crippen LogP contribution is -2.23. The summed E-state index contributed by atoms with van der Waals surface area (Å²) in [6.07, 6.45) is 5.18. The van der Waals surface area contributed by atoms with E-state index in [-0.39, 0.29) is 17.8 Å². The van der Waals surface area contributed by atoms with Crippen molar-refractivity contribution in [1.82, 2.24) is 4.98 Å². The summed E-state index contributed by atoms with van der Waals surface area (Å²) in [6.45, 7) is 10.00. The number of hydrogen-bond donors (Lipinski definition) is 2. The van der Waals surface area contributed by atoms with Crippen molar-refractivity contribution in [2.75, 3.05) is 22.5 Å². The molecule has 0 atom stereocenters. The predicted octanol–water partition coefficient (Wildman–Crippen LogP) is 7.17. The van der Waals surface area contributed by atoms with Gasteiger partial charge in [-0.05, 0) is 77.7 Å². The van der Waals surface area contributed by atoms with Crippen molar-refractivity contribution in [2.45, 2.75) is 26.4 Å². The topological polar surface area (TPSA) is 128 Å². The number of nitrogens with zero attached hydrogens (tertiary/aromatic N) is 3. The molecule has 0 aliphatic rings. The number of carbonyl (C=O) groups excluding carboxylic acids is 1. The summed E-state index contributed by atoms with van der Waals surface area (Å²) in [6, 6.07) is 25.7. The summed E-state index contributed by atoms with van der Waals surface area (Å²) in [5.41, 5.74) is 10.2. The number of hydrogen-bond acceptors (Lipinski definition) is 7. The van der Waals surface area contributed by atoms with Crippen LogP contribution in [0.25, 0.3) is 4.85 Å². The molecule has 0 unspecified atom stereocenters. The zero-order chi connectivity index (χ0) is 35.0. The van der Waals surface area contributed by atoms with Crippen LogP contribution < -0.4 is 24.8 Å². The van der Waals surface area contributed by atoms with E-state index in [1.54, 1.807) is 60.9 Å². The van der Waals surface area contributed by atoms with Gasteiger partial charge in [0.15, 0.2) is 0 Å². The van der Waals surface area contributed by atoms with Gasteiger partial charge in [0.25, 0.3) is 0 Å². The summed E-state index contributed by atoms with van der Waals surface area (Å²) in [5, 5.41) is 0. The fourth-order valence-corrected chi connectivity index (χ4v) is 5.79. The third-order valence-electron chi connectivity index (χ3n) is 7.53. The van der Waals surface area contributed by atoms with Crippen molar-refractivity contribution in [3.8, 4) is 17.2 Å². The maximum atomic E-state index is 14.5. The van der Waals surface area contributed by atoms with Gasteiger partial charge in [0, 0.05) is 49.2 Å². The van der Waals surface area contributed by atoms with E-state index in [9.17, 15) is 17.6 Å². The minimum Gasteiger partial charge on any atom is -0.493 e. The normalized spacial score (nSPS) is 11.0. The van der Waals surface area contributed by atoms with Gasteiger partial charge in [-0.15, -0.1) is 0 Å². The number of benzene rings is 4. The van der Waals surface area contributed by atoms with Crippen LogP contribution in [0.2, 0.25) is 0 Å². The molecule has 12 heteroatoms. The number of primary amides is 1. The zero-order valence-electron chi connectivity index (χ0n) is 26.9. The number of rotatable bonds is 14. The Labute approximate surface area is 284 Å². The number of aromatic nitrogens is 1. The molecule has 0 spiro atoms. The first-order chi connectivity index (χ1) is 23.5. The monoisotopic (exact) mass is 679 g/mol. The van der Waals surface area contributed by atoms with Gasteiger partial charge in [-0.3, -0.25) is 14.5 Å². The highest BCUT2D eigenvalue weighted by Gasteiger charge is 2.17. The molecule has 3 N–H and O–H groups in total. The second-order valence-corrected chi connectivity index (χ2v) is 13.1. The highest BCUT2D eigenvalue weighted by molar-refractivity contribution is 7.92. The summed E-state index contributed by atoms with van der Waals surface area (Å²) < 4.78 is 53.1. The maximum absolute atomic E-state index is 14.5. The molecule has 0 fully saturated rings. The number of nitrogens with one attached hydrogen (secondary N) is 1. The molecule has 5 rings (SSSR count). The third-order valence-corrected chi connectivity index (χ3v) is 8.12. The average molecular weight is 680 g/mol. The average Bonchev–Trinajstić information content (AvgIpc) is 3.06. The van der Waals surface area contributed by atoms with Crippen LogP contribution in [0.5, 0.6) is 17.2 Å². The van der Waals surface area contributed by atoms with Crippen molar-refractivity contribution < 1.29 is 27.1 Å². The minimum absolute atomic E-state index is 0.0637. The molecule has 1 heterocycles. The van der Waals surface area contributed by atoms with Crippen LogP contribution in [0.1, 0.15) is 32.6 Å². The molecular weight excluding hydrogens is 646 g/mol. The molecule has 0 saturated carbocycles. The summed E-state index contributed by atoms with van der Waals surface area (Å²) in [7, 11) is -3.53. The van der Waals surface area contributed by atoms with Gasteiger partial charge in [-0.2, -0.15) is 0 Å². The molecule has 0 aliphatic heterocycles. The molecular formula is C37H34FN5O5S. The third kappa shape index (κ3) is 9.56. The van der Waals surface area contributed by atoms with Crippen LogP contribution in [0.3, 0.4) is 0 Å². The van der Waals surface area contributed by atoms with Crippen molar-refractivity contribution in [2.24, 2.45) is 5.73 Å². The summed E-state index contributed by atoms with van der Waals surface area (Å²) in [5.74, 6) is 0.0861. The van der Waals surface area contributed by atoms with E-state index in [0.29, 0.717) is 53.6 Å². The number of pyridine rings is 1. The maximum Gasteiger partial charge on any atom is 0.248 e. The van der Waals surface area contributed by atoms with Gasteiger partial charge in [0.2, 0.25) is 21.6 Å². The van der Waals surface area contributed by atoms with Crippen LogP contribution in [0.15, 0.2) is 103 Å². The fourth-order valence-electron chi connectivity index (χ4n) is 5.17. The molecule has 49 heavy (non-hydrogen) atoms. The first-order valence-corrected chi connectivity index (χ1v) is 17.1. The predicted molar refractivity (Wildman–Crippen MR) is 187 cm³/mol. The lowest BCUT2D eigenvalue weighted by Gasteiger charge is -2.28. The van der Waals surface area contributed by atoms with Gasteiger partial charge in [0.1, 0.15) is 23.1 Å². The van der Waals surface area contributed by atoms with Crippen molar-refractivity contribution >= 4 is 33.0 Å². The van der Waals surface area contributed by atoms with Crippen LogP contribution in [0.4, 0.5) is 21.5 Å². The number of anilines is 2. The number of halogens is 1. The van der Waals surface area contributed by atoms with Gasteiger partial charge >= 0.3 is 0 Å². The Morgan fingerprint density at radius 3 is 2.35 bits per heavy atom. The smallest absolute Gasteiger partial charge is 0.248 e. The number of ether oxygens (including phenoxy) is 2. The Balaban J connectivity index is 1.36. The molecule has 0 aliphatic carbocycles. The van der Waals surface area contributed by atoms with Gasteiger partial charge in [-0.25, -0.2) is 17.7 Å². The highest BCUT2D eigenvalue weighted by Crippen LogP contribution is 2.32. The number of nitrogens with two attached hydrogens (primary N) is 1. The standard InChI is InChI=1S/C37H34FN5O5S/c1-25-34(42-49(3,45)46)7-4-8-36(25)43(24-28-11-14-35(40-2)33(38)18-28)23-27-9-12-30(13-10-27)48-32-20-29(37(39)44)19-31(21-32)47-17-15-26-6-5-16-41-22-26/h4-14,16,18-22,42H,15,17,23-24H2,1,3H3,(H2,39,44). The van der Waals surface area contributed by atoms with Crippen molar-refractivity contribution in [3.63, 3.8) is 0 Å².